The van der Waals surface area contributed by atoms with Gasteiger partial charge < -0.3 is 30.2 Å². The number of nitrogens with one attached hydrogen (secondary N) is 3. The molecule has 0 unspecified atom stereocenters. The van der Waals surface area contributed by atoms with Crippen molar-refractivity contribution in [2.24, 2.45) is 4.99 Å². The summed E-state index contributed by atoms with van der Waals surface area (Å²) in [6.07, 6.45) is 0.280. The number of hydrogen-bond acceptors (Lipinski definition) is 6. The minimum Gasteiger partial charge on any atom is -0.496 e. The van der Waals surface area contributed by atoms with Crippen LogP contribution in [0.3, 0.4) is 0 Å². The van der Waals surface area contributed by atoms with Gasteiger partial charge in [-0.25, -0.2) is 14.6 Å². The van der Waals surface area contributed by atoms with Crippen molar-refractivity contribution in [2.45, 2.75) is 46.3 Å². The van der Waals surface area contributed by atoms with Gasteiger partial charge in [0.1, 0.15) is 16.9 Å². The average Bonchev–Trinajstić information content (AvgIpc) is 2.69. The van der Waals surface area contributed by atoms with E-state index in [1.807, 2.05) is 33.8 Å². The van der Waals surface area contributed by atoms with E-state index in [1.165, 1.54) is 14.2 Å². The van der Waals surface area contributed by atoms with E-state index in [-0.39, 0.29) is 24.0 Å². The Bertz CT molecular complexity index is 735. The lowest BCUT2D eigenvalue weighted by atomic mass is 10.1. The van der Waals surface area contributed by atoms with E-state index in [1.54, 1.807) is 12.1 Å². The number of ether oxygens (including phenoxy) is 3. The second-order valence-electron chi connectivity index (χ2n) is 7.43. The van der Waals surface area contributed by atoms with Gasteiger partial charge in [-0.05, 0) is 51.8 Å². The lowest BCUT2D eigenvalue weighted by Crippen LogP contribution is -2.39. The highest BCUT2D eigenvalue weighted by Gasteiger charge is 2.15. The number of benzene rings is 1. The molecule has 31 heavy (non-hydrogen) atoms. The third-order valence-electron chi connectivity index (χ3n) is 3.75. The van der Waals surface area contributed by atoms with Gasteiger partial charge >= 0.3 is 12.1 Å². The third kappa shape index (κ3) is 11.7. The van der Waals surface area contributed by atoms with Crippen molar-refractivity contribution < 1.29 is 23.8 Å². The highest BCUT2D eigenvalue weighted by atomic mass is 127. The summed E-state index contributed by atoms with van der Waals surface area (Å²) in [7, 11) is 2.84. The van der Waals surface area contributed by atoms with Gasteiger partial charge in [-0.3, -0.25) is 0 Å². The Balaban J connectivity index is 0.00000900. The summed E-state index contributed by atoms with van der Waals surface area (Å²) < 4.78 is 15.2. The van der Waals surface area contributed by atoms with Crippen LogP contribution >= 0.6 is 24.0 Å². The molecule has 0 saturated carbocycles. The maximum Gasteiger partial charge on any atom is 0.407 e. The standard InChI is InChI=1S/C21H34N4O5.HI/c1-7-22-19(23-11-8-12-24-20(27)30-21(2,3)4)25-14-15-9-10-17(28-5)16(13-15)18(26)29-6;/h9-10,13H,7-8,11-12,14H2,1-6H3,(H,24,27)(H2,22,23,25);1H. The summed E-state index contributed by atoms with van der Waals surface area (Å²) in [6, 6.07) is 5.28. The zero-order chi connectivity index (χ0) is 22.6. The predicted molar refractivity (Wildman–Crippen MR) is 131 cm³/mol. The number of hydrogen-bond donors (Lipinski definition) is 3. The van der Waals surface area contributed by atoms with Crippen molar-refractivity contribution >= 4 is 42.0 Å². The number of nitrogens with zero attached hydrogens (tertiary/aromatic N) is 1. The smallest absolute Gasteiger partial charge is 0.407 e. The van der Waals surface area contributed by atoms with Gasteiger partial charge in [0.15, 0.2) is 5.96 Å². The largest absolute Gasteiger partial charge is 0.496 e. The Kier molecular flexibility index (Phi) is 13.6. The Morgan fingerprint density at radius 1 is 1.06 bits per heavy atom. The Morgan fingerprint density at radius 2 is 1.74 bits per heavy atom. The molecule has 1 rings (SSSR count). The van der Waals surface area contributed by atoms with E-state index in [0.29, 0.717) is 49.9 Å². The Morgan fingerprint density at radius 3 is 2.32 bits per heavy atom. The van der Waals surface area contributed by atoms with Gasteiger partial charge in [-0.15, -0.1) is 24.0 Å². The van der Waals surface area contributed by atoms with Crippen molar-refractivity contribution in [1.82, 2.24) is 16.0 Å². The summed E-state index contributed by atoms with van der Waals surface area (Å²) in [4.78, 5) is 28.1. The lowest BCUT2D eigenvalue weighted by molar-refractivity contribution is 0.0526. The molecule has 0 heterocycles. The molecular formula is C21H35IN4O5. The predicted octanol–water partition coefficient (Wildman–Crippen LogP) is 3.07. The van der Waals surface area contributed by atoms with Crippen molar-refractivity contribution in [2.75, 3.05) is 33.9 Å². The molecule has 0 radical (unpaired) electrons. The first-order chi connectivity index (χ1) is 14.2. The number of carbonyl (C=O) groups excluding carboxylic acids is 2. The molecule has 0 spiro atoms. The number of alkyl carbamates (subject to hydrolysis) is 1. The molecule has 1 aromatic carbocycles. The SMILES string of the molecule is CCNC(=NCc1ccc(OC)c(C(=O)OC)c1)NCCCNC(=O)OC(C)(C)C.I. The number of methoxy groups -OCH3 is 2. The molecule has 0 aliphatic carbocycles. The number of carbonyl (C=O) groups is 2. The molecule has 0 fully saturated rings. The Labute approximate surface area is 201 Å². The van der Waals surface area contributed by atoms with E-state index >= 15 is 0 Å². The number of guanidine groups is 1. The fourth-order valence-corrected chi connectivity index (χ4v) is 2.43. The first-order valence-electron chi connectivity index (χ1n) is 9.94. The maximum atomic E-state index is 11.9. The van der Waals surface area contributed by atoms with Gasteiger partial charge in [0, 0.05) is 19.6 Å². The van der Waals surface area contributed by atoms with E-state index in [9.17, 15) is 9.59 Å². The van der Waals surface area contributed by atoms with Crippen LogP contribution in [0.25, 0.3) is 0 Å². The summed E-state index contributed by atoms with van der Waals surface area (Å²) in [5, 5.41) is 9.10. The molecule has 0 aromatic heterocycles. The fourth-order valence-electron chi connectivity index (χ4n) is 2.43. The number of amides is 1. The zero-order valence-corrected chi connectivity index (χ0v) is 21.5. The topological polar surface area (TPSA) is 110 Å². The summed E-state index contributed by atoms with van der Waals surface area (Å²) in [6.45, 7) is 9.64. The molecule has 0 bridgehead atoms. The minimum absolute atomic E-state index is 0. The van der Waals surface area contributed by atoms with Crippen molar-refractivity contribution in [3.05, 3.63) is 29.3 Å². The second-order valence-corrected chi connectivity index (χ2v) is 7.43. The van der Waals surface area contributed by atoms with E-state index in [0.717, 1.165) is 5.56 Å². The van der Waals surface area contributed by atoms with Crippen LogP contribution in [0.2, 0.25) is 0 Å². The summed E-state index contributed by atoms with van der Waals surface area (Å²) in [5.41, 5.74) is 0.696. The van der Waals surface area contributed by atoms with Crippen molar-refractivity contribution in [3.63, 3.8) is 0 Å². The molecule has 3 N–H and O–H groups in total. The molecule has 10 heteroatoms. The summed E-state index contributed by atoms with van der Waals surface area (Å²) in [5.74, 6) is 0.641. The van der Waals surface area contributed by atoms with Crippen LogP contribution in [0, 0.1) is 0 Å². The highest BCUT2D eigenvalue weighted by Crippen LogP contribution is 2.21. The molecule has 0 aliphatic rings. The monoisotopic (exact) mass is 550 g/mol. The molecular weight excluding hydrogens is 515 g/mol. The average molecular weight is 550 g/mol. The Hall–Kier alpha value is -2.24. The first-order valence-corrected chi connectivity index (χ1v) is 9.94. The van der Waals surface area contributed by atoms with E-state index < -0.39 is 17.7 Å². The van der Waals surface area contributed by atoms with Crippen LogP contribution in [0.15, 0.2) is 23.2 Å². The number of esters is 1. The van der Waals surface area contributed by atoms with Gasteiger partial charge in [0.25, 0.3) is 0 Å². The van der Waals surface area contributed by atoms with Crippen molar-refractivity contribution in [1.29, 1.82) is 0 Å². The molecule has 0 aliphatic heterocycles. The quantitative estimate of drug-likeness (QED) is 0.143. The maximum absolute atomic E-state index is 11.9. The molecule has 1 aromatic rings. The third-order valence-corrected chi connectivity index (χ3v) is 3.75. The molecule has 0 saturated heterocycles. The summed E-state index contributed by atoms with van der Waals surface area (Å²) >= 11 is 0. The normalized spacial score (nSPS) is 11.1. The zero-order valence-electron chi connectivity index (χ0n) is 19.2. The molecule has 0 atom stereocenters. The number of halogens is 1. The first kappa shape index (κ1) is 28.8. The van der Waals surface area contributed by atoms with Gasteiger partial charge in [-0.1, -0.05) is 6.07 Å². The van der Waals surface area contributed by atoms with Crippen LogP contribution in [-0.2, 0) is 16.0 Å². The lowest BCUT2D eigenvalue weighted by Gasteiger charge is -2.19. The minimum atomic E-state index is -0.512. The second kappa shape index (κ2) is 14.7. The van der Waals surface area contributed by atoms with Crippen LogP contribution in [0.1, 0.15) is 50.0 Å². The fraction of sp³-hybridized carbons (Fsp3) is 0.571. The van der Waals surface area contributed by atoms with Gasteiger partial charge in [0.05, 0.1) is 20.8 Å². The van der Waals surface area contributed by atoms with Crippen LogP contribution in [0.5, 0.6) is 5.75 Å². The van der Waals surface area contributed by atoms with Gasteiger partial charge in [-0.2, -0.15) is 0 Å². The molecule has 1 amide bonds. The molecule has 176 valence electrons. The van der Waals surface area contributed by atoms with E-state index in [4.69, 9.17) is 14.2 Å². The number of rotatable bonds is 9. The van der Waals surface area contributed by atoms with Crippen molar-refractivity contribution in [3.8, 4) is 5.75 Å². The van der Waals surface area contributed by atoms with Crippen LogP contribution < -0.4 is 20.7 Å². The number of aliphatic imine (C=N–C) groups is 1. The van der Waals surface area contributed by atoms with E-state index in [2.05, 4.69) is 20.9 Å². The van der Waals surface area contributed by atoms with Gasteiger partial charge in [0.2, 0.25) is 0 Å². The van der Waals surface area contributed by atoms with Crippen LogP contribution in [0.4, 0.5) is 4.79 Å². The molecule has 9 nitrogen and oxygen atoms in total. The highest BCUT2D eigenvalue weighted by molar-refractivity contribution is 14.0. The van der Waals surface area contributed by atoms with Crippen LogP contribution in [-0.4, -0.2) is 57.5 Å².